The lowest BCUT2D eigenvalue weighted by Gasteiger charge is -2.27. The van der Waals surface area contributed by atoms with Gasteiger partial charge in [0.15, 0.2) is 0 Å². The summed E-state index contributed by atoms with van der Waals surface area (Å²) < 4.78 is 18.1. The first-order chi connectivity index (χ1) is 11.9. The number of likely N-dealkylation sites (tertiary alicyclic amines) is 1. The van der Waals surface area contributed by atoms with Gasteiger partial charge >= 0.3 is 5.97 Å². The Bertz CT molecular complexity index is 722. The van der Waals surface area contributed by atoms with Crippen molar-refractivity contribution in [1.29, 1.82) is 0 Å². The van der Waals surface area contributed by atoms with E-state index in [1.807, 2.05) is 0 Å². The molecule has 8 heteroatoms. The molecule has 1 aromatic rings. The highest BCUT2D eigenvalue weighted by Crippen LogP contribution is 2.44. The predicted molar refractivity (Wildman–Crippen MR) is 82.3 cm³/mol. The highest BCUT2D eigenvalue weighted by atomic mass is 19.1. The second kappa shape index (κ2) is 6.20. The number of imide groups is 1. The average Bonchev–Trinajstić information content (AvgIpc) is 3.10. The monoisotopic (exact) mass is 351 g/mol. The quantitative estimate of drug-likeness (QED) is 0.534. The van der Waals surface area contributed by atoms with Gasteiger partial charge in [0.2, 0.25) is 17.4 Å². The van der Waals surface area contributed by atoms with Gasteiger partial charge in [-0.2, -0.15) is 0 Å². The molecule has 0 radical (unpaired) electrons. The zero-order valence-electron chi connectivity index (χ0n) is 13.9. The van der Waals surface area contributed by atoms with Crippen LogP contribution in [0.25, 0.3) is 0 Å². The van der Waals surface area contributed by atoms with Crippen LogP contribution in [0.3, 0.4) is 0 Å². The summed E-state index contributed by atoms with van der Waals surface area (Å²) in [7, 11) is 1.17. The molecule has 25 heavy (non-hydrogen) atoms. The minimum Gasteiger partial charge on any atom is -0.464 e. The Morgan fingerprint density at radius 2 is 1.96 bits per heavy atom. The number of aliphatic hydroxyl groups excluding tert-OH is 1. The summed E-state index contributed by atoms with van der Waals surface area (Å²) >= 11 is 0. The lowest BCUT2D eigenvalue weighted by atomic mass is 9.79. The molecule has 0 aromatic heterocycles. The van der Waals surface area contributed by atoms with Crippen molar-refractivity contribution in [1.82, 2.24) is 4.90 Å². The Balaban J connectivity index is 2.13. The van der Waals surface area contributed by atoms with Gasteiger partial charge in [-0.15, -0.1) is 0 Å². The molecule has 2 amide bonds. The zero-order chi connectivity index (χ0) is 18.4. The van der Waals surface area contributed by atoms with Crippen LogP contribution in [0, 0.1) is 17.7 Å². The zero-order valence-corrected chi connectivity index (χ0v) is 13.9. The van der Waals surface area contributed by atoms with Gasteiger partial charge in [0.05, 0.1) is 7.11 Å². The normalized spacial score (nSPS) is 31.4. The van der Waals surface area contributed by atoms with E-state index in [4.69, 9.17) is 4.74 Å². The number of benzene rings is 1. The molecule has 3 N–H and O–H groups in total. The van der Waals surface area contributed by atoms with E-state index in [9.17, 15) is 23.9 Å². The van der Waals surface area contributed by atoms with Crippen LogP contribution >= 0.6 is 0 Å². The van der Waals surface area contributed by atoms with Crippen LogP contribution in [0.1, 0.15) is 18.5 Å². The standard InChI is InChI=1S/C17H19FN2O5/c1-3-20-14(22)11-12(15(20)23)17(8-21,16(24)25-2)19-13(11)9-4-6-10(18)7-5-9/h4-7,11-13,19,21H,3,8H2,1-2H3/p+1/t11-,12+,13+,17-/m1/s1. The topological polar surface area (TPSA) is 101 Å². The van der Waals surface area contributed by atoms with E-state index in [1.165, 1.54) is 36.7 Å². The molecule has 0 saturated carbocycles. The molecule has 7 nitrogen and oxygen atoms in total. The first kappa shape index (κ1) is 17.5. The number of amides is 2. The van der Waals surface area contributed by atoms with E-state index in [0.29, 0.717) is 5.56 Å². The van der Waals surface area contributed by atoms with E-state index in [2.05, 4.69) is 0 Å². The van der Waals surface area contributed by atoms with Crippen molar-refractivity contribution >= 4 is 17.8 Å². The Hall–Kier alpha value is -2.32. The first-order valence-electron chi connectivity index (χ1n) is 8.07. The molecule has 2 aliphatic rings. The molecule has 2 heterocycles. The highest BCUT2D eigenvalue weighted by molar-refractivity contribution is 6.08. The van der Waals surface area contributed by atoms with E-state index < -0.39 is 47.7 Å². The summed E-state index contributed by atoms with van der Waals surface area (Å²) in [5, 5.41) is 11.5. The smallest absolute Gasteiger partial charge is 0.371 e. The number of halogens is 1. The van der Waals surface area contributed by atoms with Gasteiger partial charge in [-0.05, 0) is 19.1 Å². The number of quaternary nitrogens is 1. The van der Waals surface area contributed by atoms with Gasteiger partial charge in [0.1, 0.15) is 30.3 Å². The minimum absolute atomic E-state index is 0.184. The van der Waals surface area contributed by atoms with Crippen LogP contribution in [0.2, 0.25) is 0 Å². The number of hydrogen-bond acceptors (Lipinski definition) is 5. The first-order valence-corrected chi connectivity index (χ1v) is 8.07. The third-order valence-electron chi connectivity index (χ3n) is 5.26. The summed E-state index contributed by atoms with van der Waals surface area (Å²) in [6.07, 6.45) is 0. The molecule has 134 valence electrons. The van der Waals surface area contributed by atoms with Crippen LogP contribution in [0.5, 0.6) is 0 Å². The lowest BCUT2D eigenvalue weighted by Crippen LogP contribution is -2.99. The van der Waals surface area contributed by atoms with Crippen LogP contribution in [-0.4, -0.2) is 53.6 Å². The SMILES string of the molecule is CCN1C(=O)[C@@H]2[C@@H](C1=O)[C@](CO)(C(=O)OC)[NH2+][C@H]2c1ccc(F)cc1. The maximum absolute atomic E-state index is 13.2. The Morgan fingerprint density at radius 1 is 1.32 bits per heavy atom. The van der Waals surface area contributed by atoms with Gasteiger partial charge in [0.25, 0.3) is 0 Å². The molecule has 1 aromatic carbocycles. The number of fused-ring (bicyclic) bond motifs is 1. The molecule has 4 atom stereocenters. The number of nitrogens with zero attached hydrogens (tertiary/aromatic N) is 1. The fraction of sp³-hybridized carbons (Fsp3) is 0.471. The summed E-state index contributed by atoms with van der Waals surface area (Å²) in [4.78, 5) is 39.1. The van der Waals surface area contributed by atoms with E-state index in [0.717, 1.165) is 4.90 Å². The van der Waals surface area contributed by atoms with Gasteiger partial charge < -0.3 is 15.2 Å². The predicted octanol–water partition coefficient (Wildman–Crippen LogP) is -1.03. The fourth-order valence-corrected chi connectivity index (χ4v) is 4.08. The maximum atomic E-state index is 13.2. The molecular formula is C17H20FN2O5+. The van der Waals surface area contributed by atoms with Crippen LogP contribution in [-0.2, 0) is 19.1 Å². The minimum atomic E-state index is -1.59. The number of carbonyl (C=O) groups excluding carboxylic acids is 3. The third kappa shape index (κ3) is 2.36. The van der Waals surface area contributed by atoms with E-state index in [1.54, 1.807) is 6.92 Å². The van der Waals surface area contributed by atoms with E-state index in [-0.39, 0.29) is 12.5 Å². The average molecular weight is 351 g/mol. The number of esters is 1. The number of aliphatic hydroxyl groups is 1. The van der Waals surface area contributed by atoms with Crippen LogP contribution in [0.4, 0.5) is 4.39 Å². The number of ether oxygens (including phenoxy) is 1. The second-order valence-corrected chi connectivity index (χ2v) is 6.36. The van der Waals surface area contributed by atoms with Crippen molar-refractivity contribution in [2.75, 3.05) is 20.3 Å². The van der Waals surface area contributed by atoms with Crippen LogP contribution in [0.15, 0.2) is 24.3 Å². The molecule has 2 saturated heterocycles. The van der Waals surface area contributed by atoms with Gasteiger partial charge in [-0.3, -0.25) is 14.5 Å². The molecule has 3 rings (SSSR count). The molecule has 2 fully saturated rings. The van der Waals surface area contributed by atoms with Crippen LogP contribution < -0.4 is 5.32 Å². The molecule has 2 aliphatic heterocycles. The van der Waals surface area contributed by atoms with E-state index >= 15 is 0 Å². The van der Waals surface area contributed by atoms with Crippen molar-refractivity contribution in [3.8, 4) is 0 Å². The van der Waals surface area contributed by atoms with Crippen molar-refractivity contribution in [2.24, 2.45) is 11.8 Å². The Morgan fingerprint density at radius 3 is 2.48 bits per heavy atom. The lowest BCUT2D eigenvalue weighted by molar-refractivity contribution is -0.735. The number of nitrogens with two attached hydrogens (primary N) is 1. The van der Waals surface area contributed by atoms with Crippen molar-refractivity contribution in [2.45, 2.75) is 18.5 Å². The third-order valence-corrected chi connectivity index (χ3v) is 5.26. The number of hydrogen-bond donors (Lipinski definition) is 2. The second-order valence-electron chi connectivity index (χ2n) is 6.36. The number of rotatable bonds is 4. The molecule has 0 aliphatic carbocycles. The van der Waals surface area contributed by atoms with Crippen molar-refractivity contribution in [3.63, 3.8) is 0 Å². The summed E-state index contributed by atoms with van der Waals surface area (Å²) in [6.45, 7) is 1.21. The largest absolute Gasteiger partial charge is 0.464 e. The van der Waals surface area contributed by atoms with Gasteiger partial charge in [-0.25, -0.2) is 9.18 Å². The Kier molecular flexibility index (Phi) is 4.34. The highest BCUT2D eigenvalue weighted by Gasteiger charge is 2.72. The molecular weight excluding hydrogens is 331 g/mol. The number of carbonyl (C=O) groups is 3. The van der Waals surface area contributed by atoms with Crippen molar-refractivity contribution < 1.29 is 33.9 Å². The molecule has 0 bridgehead atoms. The van der Waals surface area contributed by atoms with Gasteiger partial charge in [-0.1, -0.05) is 12.1 Å². The van der Waals surface area contributed by atoms with Gasteiger partial charge in [0, 0.05) is 12.1 Å². The summed E-state index contributed by atoms with van der Waals surface area (Å²) in [5.74, 6) is -3.89. The summed E-state index contributed by atoms with van der Waals surface area (Å²) in [6, 6.07) is 4.96. The number of methoxy groups -OCH3 is 1. The fourth-order valence-electron chi connectivity index (χ4n) is 4.08. The molecule has 0 spiro atoms. The van der Waals surface area contributed by atoms with Crippen molar-refractivity contribution in [3.05, 3.63) is 35.6 Å². The molecule has 0 unspecified atom stereocenters. The maximum Gasteiger partial charge on any atom is 0.371 e. The summed E-state index contributed by atoms with van der Waals surface area (Å²) in [5.41, 5.74) is -0.982. The Labute approximate surface area is 143 Å².